The van der Waals surface area contributed by atoms with E-state index in [2.05, 4.69) is 10.6 Å². The third-order valence-electron chi connectivity index (χ3n) is 3.00. The van der Waals surface area contributed by atoms with Crippen LogP contribution < -0.4 is 16.4 Å². The molecule has 0 aliphatic heterocycles. The lowest BCUT2D eigenvalue weighted by molar-refractivity contribution is -0.147. The average molecular weight is 263 g/mol. The standard InChI is InChI=1S/C12H13N3O4/c13-11(19)15-8-3-1-7(2-4-8)14-9(16)12(5-6-12)10(17)18/h1-4H,5-6H2,(H,14,16)(H,17,18)(H3,13,15,19). The molecule has 0 heterocycles. The van der Waals surface area contributed by atoms with Crippen LogP contribution in [0, 0.1) is 5.41 Å². The second kappa shape index (κ2) is 4.60. The third-order valence-corrected chi connectivity index (χ3v) is 3.00. The summed E-state index contributed by atoms with van der Waals surface area (Å²) < 4.78 is 0. The van der Waals surface area contributed by atoms with Crippen molar-refractivity contribution in [2.75, 3.05) is 10.6 Å². The van der Waals surface area contributed by atoms with Gasteiger partial charge in [-0.25, -0.2) is 4.79 Å². The van der Waals surface area contributed by atoms with E-state index in [0.717, 1.165) is 0 Å². The summed E-state index contributed by atoms with van der Waals surface area (Å²) in [5.41, 5.74) is 4.64. The normalized spacial score (nSPS) is 15.4. The number of hydrogen-bond donors (Lipinski definition) is 4. The molecule has 0 bridgehead atoms. The van der Waals surface area contributed by atoms with Crippen molar-refractivity contribution < 1.29 is 19.5 Å². The largest absolute Gasteiger partial charge is 0.480 e. The Balaban J connectivity index is 2.02. The Morgan fingerprint density at radius 2 is 1.53 bits per heavy atom. The van der Waals surface area contributed by atoms with Crippen molar-refractivity contribution >= 4 is 29.3 Å². The maximum Gasteiger partial charge on any atom is 0.319 e. The molecule has 7 heteroatoms. The van der Waals surface area contributed by atoms with E-state index in [4.69, 9.17) is 10.8 Å². The summed E-state index contributed by atoms with van der Waals surface area (Å²) in [6.45, 7) is 0. The molecule has 0 spiro atoms. The average Bonchev–Trinajstić information content (AvgIpc) is 3.12. The first-order valence-corrected chi connectivity index (χ1v) is 5.65. The molecule has 1 aromatic rings. The van der Waals surface area contributed by atoms with Crippen LogP contribution in [0.1, 0.15) is 12.8 Å². The summed E-state index contributed by atoms with van der Waals surface area (Å²) in [5.74, 6) is -1.62. The van der Waals surface area contributed by atoms with Gasteiger partial charge < -0.3 is 21.5 Å². The van der Waals surface area contributed by atoms with Crippen molar-refractivity contribution in [1.29, 1.82) is 0 Å². The number of benzene rings is 1. The van der Waals surface area contributed by atoms with Gasteiger partial charge in [0.25, 0.3) is 0 Å². The molecule has 1 aliphatic carbocycles. The van der Waals surface area contributed by atoms with Gasteiger partial charge in [0, 0.05) is 11.4 Å². The van der Waals surface area contributed by atoms with Gasteiger partial charge in [-0.1, -0.05) is 0 Å². The number of carbonyl (C=O) groups excluding carboxylic acids is 2. The van der Waals surface area contributed by atoms with Gasteiger partial charge in [0.2, 0.25) is 5.91 Å². The zero-order valence-corrected chi connectivity index (χ0v) is 9.97. The van der Waals surface area contributed by atoms with Crippen LogP contribution >= 0.6 is 0 Å². The molecule has 0 atom stereocenters. The van der Waals surface area contributed by atoms with E-state index >= 15 is 0 Å². The van der Waals surface area contributed by atoms with Gasteiger partial charge in [0.15, 0.2) is 0 Å². The highest BCUT2D eigenvalue weighted by atomic mass is 16.4. The lowest BCUT2D eigenvalue weighted by Crippen LogP contribution is -2.31. The number of anilines is 2. The van der Waals surface area contributed by atoms with Crippen molar-refractivity contribution in [1.82, 2.24) is 0 Å². The van der Waals surface area contributed by atoms with Gasteiger partial charge >= 0.3 is 12.0 Å². The highest BCUT2D eigenvalue weighted by Crippen LogP contribution is 2.46. The van der Waals surface area contributed by atoms with E-state index in [1.807, 2.05) is 0 Å². The number of rotatable bonds is 4. The second-order valence-corrected chi connectivity index (χ2v) is 4.41. The molecule has 7 nitrogen and oxygen atoms in total. The number of nitrogens with one attached hydrogen (secondary N) is 2. The highest BCUT2D eigenvalue weighted by molar-refractivity contribution is 6.10. The fourth-order valence-corrected chi connectivity index (χ4v) is 1.69. The van der Waals surface area contributed by atoms with E-state index in [9.17, 15) is 14.4 Å². The number of nitrogens with two attached hydrogens (primary N) is 1. The molecule has 1 aliphatic rings. The second-order valence-electron chi connectivity index (χ2n) is 4.41. The molecule has 5 N–H and O–H groups in total. The predicted octanol–water partition coefficient (Wildman–Crippen LogP) is 0.980. The number of amides is 3. The Labute approximate surface area is 108 Å². The number of primary amides is 1. The molecule has 19 heavy (non-hydrogen) atoms. The summed E-state index contributed by atoms with van der Waals surface area (Å²) in [4.78, 5) is 33.4. The van der Waals surface area contributed by atoms with Gasteiger partial charge in [-0.05, 0) is 37.1 Å². The van der Waals surface area contributed by atoms with E-state index in [1.54, 1.807) is 24.3 Å². The minimum absolute atomic E-state index is 0.357. The van der Waals surface area contributed by atoms with Gasteiger partial charge in [0.1, 0.15) is 5.41 Å². The molecule has 1 saturated carbocycles. The van der Waals surface area contributed by atoms with Crippen molar-refractivity contribution in [2.24, 2.45) is 11.1 Å². The fourth-order valence-electron chi connectivity index (χ4n) is 1.69. The molecule has 1 fully saturated rings. The number of aliphatic carboxylic acids is 1. The molecule has 2 rings (SSSR count). The van der Waals surface area contributed by atoms with Gasteiger partial charge in [0.05, 0.1) is 0 Å². The fraction of sp³-hybridized carbons (Fsp3) is 0.250. The number of carboxylic acids is 1. The van der Waals surface area contributed by atoms with E-state index in [-0.39, 0.29) is 0 Å². The Bertz CT molecular complexity index is 534. The monoisotopic (exact) mass is 263 g/mol. The third kappa shape index (κ3) is 2.65. The topological polar surface area (TPSA) is 122 Å². The lowest BCUT2D eigenvalue weighted by atomic mass is 10.1. The van der Waals surface area contributed by atoms with Gasteiger partial charge in [-0.2, -0.15) is 0 Å². The van der Waals surface area contributed by atoms with Crippen LogP contribution in [0.5, 0.6) is 0 Å². The van der Waals surface area contributed by atoms with Crippen molar-refractivity contribution in [3.63, 3.8) is 0 Å². The zero-order valence-electron chi connectivity index (χ0n) is 9.97. The Morgan fingerprint density at radius 3 is 1.89 bits per heavy atom. The molecule has 1 aromatic carbocycles. The first-order chi connectivity index (χ1) is 8.94. The first-order valence-electron chi connectivity index (χ1n) is 5.65. The van der Waals surface area contributed by atoms with Crippen molar-refractivity contribution in [3.05, 3.63) is 24.3 Å². The van der Waals surface area contributed by atoms with Gasteiger partial charge in [-0.3, -0.25) is 9.59 Å². The van der Waals surface area contributed by atoms with Crippen LogP contribution in [0.4, 0.5) is 16.2 Å². The molecule has 0 aromatic heterocycles. The van der Waals surface area contributed by atoms with E-state index in [0.29, 0.717) is 24.2 Å². The Hall–Kier alpha value is -2.57. The molecule has 3 amide bonds. The van der Waals surface area contributed by atoms with E-state index in [1.165, 1.54) is 0 Å². The van der Waals surface area contributed by atoms with Crippen molar-refractivity contribution in [3.8, 4) is 0 Å². The molecule has 0 unspecified atom stereocenters. The highest BCUT2D eigenvalue weighted by Gasteiger charge is 2.57. The first kappa shape index (κ1) is 12.9. The number of carboxylic acid groups (broad SMARTS) is 1. The van der Waals surface area contributed by atoms with Crippen LogP contribution in [-0.4, -0.2) is 23.0 Å². The van der Waals surface area contributed by atoms with E-state index < -0.39 is 23.3 Å². The minimum Gasteiger partial charge on any atom is -0.480 e. The van der Waals surface area contributed by atoms with Crippen LogP contribution in [0.25, 0.3) is 0 Å². The summed E-state index contributed by atoms with van der Waals surface area (Å²) in [7, 11) is 0. The smallest absolute Gasteiger partial charge is 0.319 e. The van der Waals surface area contributed by atoms with Crippen molar-refractivity contribution in [2.45, 2.75) is 12.8 Å². The molecular weight excluding hydrogens is 250 g/mol. The number of hydrogen-bond acceptors (Lipinski definition) is 3. The lowest BCUT2D eigenvalue weighted by Gasteiger charge is -2.11. The maximum atomic E-state index is 11.8. The summed E-state index contributed by atoms with van der Waals surface area (Å²) >= 11 is 0. The Kier molecular flexibility index (Phi) is 3.12. The summed E-state index contributed by atoms with van der Waals surface area (Å²) in [5, 5.41) is 13.9. The summed E-state index contributed by atoms with van der Waals surface area (Å²) in [6, 6.07) is 5.54. The zero-order chi connectivity index (χ0) is 14.0. The molecular formula is C12H13N3O4. The van der Waals surface area contributed by atoms with Gasteiger partial charge in [-0.15, -0.1) is 0 Å². The van der Waals surface area contributed by atoms with Crippen LogP contribution in [-0.2, 0) is 9.59 Å². The van der Waals surface area contributed by atoms with Crippen LogP contribution in [0.3, 0.4) is 0 Å². The van der Waals surface area contributed by atoms with Crippen LogP contribution in [0.2, 0.25) is 0 Å². The Morgan fingerprint density at radius 1 is 1.05 bits per heavy atom. The summed E-state index contributed by atoms with van der Waals surface area (Å²) in [6.07, 6.45) is 0.713. The SMILES string of the molecule is NC(=O)Nc1ccc(NC(=O)C2(C(=O)O)CC2)cc1. The van der Waals surface area contributed by atoms with Crippen LogP contribution in [0.15, 0.2) is 24.3 Å². The number of urea groups is 1. The molecule has 0 saturated heterocycles. The maximum absolute atomic E-state index is 11.8. The predicted molar refractivity (Wildman–Crippen MR) is 67.6 cm³/mol. The quantitative estimate of drug-likeness (QED) is 0.605. The molecule has 100 valence electrons. The molecule has 0 radical (unpaired) electrons. The minimum atomic E-state index is -1.27. The number of carbonyl (C=O) groups is 3.